The van der Waals surface area contributed by atoms with Gasteiger partial charge in [-0.15, -0.1) is 12.4 Å². The average molecular weight is 435 g/mol. The second-order valence-corrected chi connectivity index (χ2v) is 7.60. The number of hydrogen-bond donors (Lipinski definition) is 3. The predicted octanol–water partition coefficient (Wildman–Crippen LogP) is 3.83. The van der Waals surface area contributed by atoms with E-state index in [1.54, 1.807) is 24.3 Å². The van der Waals surface area contributed by atoms with Gasteiger partial charge in [0.05, 0.1) is 6.04 Å². The standard InChI is InChI=1S/C21H23ClN4O2.ClH/c22-18-7-2-1-6-17(18)19-13-23-10-11-26(19)20(27)14-4-3-5-16(12-14)25-21(28)24-15-8-9-15;/h1-7,12,15,19,23H,8-11,13H2,(H2,24,25,28);1H. The summed E-state index contributed by atoms with van der Waals surface area (Å²) in [4.78, 5) is 27.1. The van der Waals surface area contributed by atoms with Crippen LogP contribution in [-0.2, 0) is 0 Å². The van der Waals surface area contributed by atoms with Crippen LogP contribution in [0.5, 0.6) is 0 Å². The van der Waals surface area contributed by atoms with Crippen molar-refractivity contribution >= 4 is 41.6 Å². The van der Waals surface area contributed by atoms with E-state index < -0.39 is 0 Å². The lowest BCUT2D eigenvalue weighted by atomic mass is 10.0. The summed E-state index contributed by atoms with van der Waals surface area (Å²) in [6, 6.07) is 14.6. The first-order chi connectivity index (χ1) is 13.6. The number of carbonyl (C=O) groups is 2. The number of urea groups is 1. The van der Waals surface area contributed by atoms with E-state index in [0.29, 0.717) is 29.4 Å². The molecule has 0 bridgehead atoms. The maximum Gasteiger partial charge on any atom is 0.319 e. The highest BCUT2D eigenvalue weighted by atomic mass is 35.5. The molecule has 1 unspecified atom stereocenters. The molecule has 0 spiro atoms. The molecule has 0 radical (unpaired) electrons. The van der Waals surface area contributed by atoms with Crippen LogP contribution in [0, 0.1) is 0 Å². The van der Waals surface area contributed by atoms with Crippen LogP contribution in [0.4, 0.5) is 10.5 Å². The zero-order valence-electron chi connectivity index (χ0n) is 15.9. The molecular formula is C21H24Cl2N4O2. The molecule has 6 nitrogen and oxygen atoms in total. The van der Waals surface area contributed by atoms with Gasteiger partial charge in [-0.05, 0) is 42.7 Å². The lowest BCUT2D eigenvalue weighted by Crippen LogP contribution is -2.48. The fourth-order valence-corrected chi connectivity index (χ4v) is 3.71. The fraction of sp³-hybridized carbons (Fsp3) is 0.333. The number of amides is 3. The third kappa shape index (κ3) is 5.21. The van der Waals surface area contributed by atoms with Crippen LogP contribution in [0.1, 0.15) is 34.8 Å². The first kappa shape index (κ1) is 21.4. The normalized spacial score (nSPS) is 18.5. The Bertz CT molecular complexity index is 888. The van der Waals surface area contributed by atoms with Gasteiger partial charge in [-0.25, -0.2) is 4.79 Å². The smallest absolute Gasteiger partial charge is 0.319 e. The monoisotopic (exact) mass is 434 g/mol. The maximum atomic E-state index is 13.2. The largest absolute Gasteiger partial charge is 0.335 e. The lowest BCUT2D eigenvalue weighted by molar-refractivity contribution is 0.0634. The molecule has 1 atom stereocenters. The molecule has 1 aliphatic carbocycles. The molecule has 4 rings (SSSR count). The van der Waals surface area contributed by atoms with Gasteiger partial charge >= 0.3 is 6.03 Å². The number of anilines is 1. The Hall–Kier alpha value is -2.28. The Morgan fingerprint density at radius 2 is 1.90 bits per heavy atom. The minimum absolute atomic E-state index is 0. The van der Waals surface area contributed by atoms with Crippen molar-refractivity contribution in [3.8, 4) is 0 Å². The van der Waals surface area contributed by atoms with Gasteiger partial charge in [0, 0.05) is 41.9 Å². The third-order valence-corrected chi connectivity index (χ3v) is 5.39. The molecule has 29 heavy (non-hydrogen) atoms. The molecule has 1 saturated carbocycles. The van der Waals surface area contributed by atoms with E-state index in [1.165, 1.54) is 0 Å². The summed E-state index contributed by atoms with van der Waals surface area (Å²) in [6.07, 6.45) is 2.05. The third-order valence-electron chi connectivity index (χ3n) is 5.05. The van der Waals surface area contributed by atoms with Crippen molar-refractivity contribution in [3.05, 3.63) is 64.7 Å². The minimum Gasteiger partial charge on any atom is -0.335 e. The van der Waals surface area contributed by atoms with Gasteiger partial charge < -0.3 is 20.9 Å². The SMILES string of the molecule is Cl.O=C(Nc1cccc(C(=O)N2CCNCC2c2ccccc2Cl)c1)NC1CC1. The highest BCUT2D eigenvalue weighted by molar-refractivity contribution is 6.31. The topological polar surface area (TPSA) is 73.5 Å². The van der Waals surface area contributed by atoms with Crippen LogP contribution >= 0.6 is 24.0 Å². The average Bonchev–Trinajstić information content (AvgIpc) is 3.52. The number of nitrogens with one attached hydrogen (secondary N) is 3. The van der Waals surface area contributed by atoms with Crippen LogP contribution < -0.4 is 16.0 Å². The molecule has 1 heterocycles. The quantitative estimate of drug-likeness (QED) is 0.684. The van der Waals surface area contributed by atoms with Crippen LogP contribution in [0.3, 0.4) is 0 Å². The highest BCUT2D eigenvalue weighted by Gasteiger charge is 2.30. The van der Waals surface area contributed by atoms with Crippen LogP contribution in [0.2, 0.25) is 5.02 Å². The number of halogens is 2. The zero-order chi connectivity index (χ0) is 19.5. The Morgan fingerprint density at radius 1 is 1.10 bits per heavy atom. The van der Waals surface area contributed by atoms with Crippen molar-refractivity contribution < 1.29 is 9.59 Å². The maximum absolute atomic E-state index is 13.2. The van der Waals surface area contributed by atoms with Gasteiger partial charge in [0.1, 0.15) is 0 Å². The molecule has 0 aromatic heterocycles. The van der Waals surface area contributed by atoms with Crippen molar-refractivity contribution in [3.63, 3.8) is 0 Å². The van der Waals surface area contributed by atoms with Crippen molar-refractivity contribution in [2.24, 2.45) is 0 Å². The molecule has 3 amide bonds. The van der Waals surface area contributed by atoms with E-state index in [1.807, 2.05) is 29.2 Å². The summed E-state index contributed by atoms with van der Waals surface area (Å²) in [7, 11) is 0. The molecule has 2 aromatic rings. The molecule has 154 valence electrons. The van der Waals surface area contributed by atoms with E-state index in [0.717, 1.165) is 24.9 Å². The number of rotatable bonds is 4. The Morgan fingerprint density at radius 3 is 2.66 bits per heavy atom. The van der Waals surface area contributed by atoms with E-state index in [-0.39, 0.29) is 36.4 Å². The van der Waals surface area contributed by atoms with E-state index in [4.69, 9.17) is 11.6 Å². The number of nitrogens with zero attached hydrogens (tertiary/aromatic N) is 1. The zero-order valence-corrected chi connectivity index (χ0v) is 17.4. The molecule has 8 heteroatoms. The summed E-state index contributed by atoms with van der Waals surface area (Å²) in [5, 5.41) is 9.68. The van der Waals surface area contributed by atoms with Gasteiger partial charge in [-0.1, -0.05) is 35.9 Å². The van der Waals surface area contributed by atoms with Crippen LogP contribution in [0.15, 0.2) is 48.5 Å². The van der Waals surface area contributed by atoms with Crippen LogP contribution in [0.25, 0.3) is 0 Å². The van der Waals surface area contributed by atoms with Crippen molar-refractivity contribution in [1.29, 1.82) is 0 Å². The number of benzene rings is 2. The van der Waals surface area contributed by atoms with Crippen molar-refractivity contribution in [2.45, 2.75) is 24.9 Å². The van der Waals surface area contributed by atoms with Gasteiger partial charge in [0.15, 0.2) is 0 Å². The van der Waals surface area contributed by atoms with Gasteiger partial charge in [-0.2, -0.15) is 0 Å². The molecule has 2 fully saturated rings. The molecule has 2 aromatic carbocycles. The first-order valence-electron chi connectivity index (χ1n) is 9.55. The number of hydrogen-bond acceptors (Lipinski definition) is 3. The summed E-state index contributed by atoms with van der Waals surface area (Å²) < 4.78 is 0. The summed E-state index contributed by atoms with van der Waals surface area (Å²) >= 11 is 6.38. The van der Waals surface area contributed by atoms with Crippen molar-refractivity contribution in [1.82, 2.24) is 15.5 Å². The molecule has 1 aliphatic heterocycles. The number of carbonyl (C=O) groups excluding carboxylic acids is 2. The second kappa shape index (κ2) is 9.48. The summed E-state index contributed by atoms with van der Waals surface area (Å²) in [5.41, 5.74) is 2.08. The van der Waals surface area contributed by atoms with Crippen LogP contribution in [-0.4, -0.2) is 42.5 Å². The van der Waals surface area contributed by atoms with Gasteiger partial charge in [0.25, 0.3) is 5.91 Å². The second-order valence-electron chi connectivity index (χ2n) is 7.19. The van der Waals surface area contributed by atoms with E-state index >= 15 is 0 Å². The summed E-state index contributed by atoms with van der Waals surface area (Å²) in [6.45, 7) is 1.97. The fourth-order valence-electron chi connectivity index (χ4n) is 3.45. The van der Waals surface area contributed by atoms with Gasteiger partial charge in [-0.3, -0.25) is 4.79 Å². The van der Waals surface area contributed by atoms with Crippen molar-refractivity contribution in [2.75, 3.05) is 25.0 Å². The Labute approximate surface area is 181 Å². The Kier molecular flexibility index (Phi) is 7.00. The minimum atomic E-state index is -0.233. The Balaban J connectivity index is 0.00000240. The summed E-state index contributed by atoms with van der Waals surface area (Å²) in [5.74, 6) is -0.0716. The first-order valence-corrected chi connectivity index (χ1v) is 9.93. The lowest BCUT2D eigenvalue weighted by Gasteiger charge is -2.37. The molecular weight excluding hydrogens is 411 g/mol. The van der Waals surface area contributed by atoms with E-state index in [2.05, 4.69) is 16.0 Å². The highest BCUT2D eigenvalue weighted by Crippen LogP contribution is 2.30. The predicted molar refractivity (Wildman–Crippen MR) is 117 cm³/mol. The van der Waals surface area contributed by atoms with Gasteiger partial charge in [0.2, 0.25) is 0 Å². The molecule has 2 aliphatic rings. The molecule has 1 saturated heterocycles. The number of piperazine rings is 1. The molecule has 3 N–H and O–H groups in total. The van der Waals surface area contributed by atoms with E-state index in [9.17, 15) is 9.59 Å².